The second-order valence-electron chi connectivity index (χ2n) is 7.43. The third-order valence-corrected chi connectivity index (χ3v) is 4.58. The predicted octanol–water partition coefficient (Wildman–Crippen LogP) is 4.29. The lowest BCUT2D eigenvalue weighted by Crippen LogP contribution is -2.21. The highest BCUT2D eigenvalue weighted by atomic mass is 16.5. The standard InChI is InChI=1S/C24H25N3O6/c1-15-5-4-6-16(2)24(15)32-19-9-7-18(8-10-19)25-21(28)11-12-23(30)31-14-22(29)26-20-13-17(3)33-27-20/h4-10,13H,11-12,14H2,1-3H3,(H,25,28)(H,26,27,29). The van der Waals surface area contributed by atoms with Gasteiger partial charge in [-0.1, -0.05) is 23.4 Å². The number of aryl methyl sites for hydroxylation is 3. The Morgan fingerprint density at radius 1 is 0.909 bits per heavy atom. The number of carbonyl (C=O) groups excluding carboxylic acids is 3. The minimum Gasteiger partial charge on any atom is -0.457 e. The van der Waals surface area contributed by atoms with Crippen molar-refractivity contribution in [2.24, 2.45) is 0 Å². The Labute approximate surface area is 191 Å². The highest BCUT2D eigenvalue weighted by Crippen LogP contribution is 2.29. The van der Waals surface area contributed by atoms with Gasteiger partial charge in [-0.25, -0.2) is 0 Å². The first-order valence-corrected chi connectivity index (χ1v) is 10.3. The van der Waals surface area contributed by atoms with Crippen molar-refractivity contribution in [3.63, 3.8) is 0 Å². The lowest BCUT2D eigenvalue weighted by atomic mass is 10.1. The highest BCUT2D eigenvalue weighted by Gasteiger charge is 2.12. The van der Waals surface area contributed by atoms with Crippen LogP contribution in [0.4, 0.5) is 11.5 Å². The van der Waals surface area contributed by atoms with Crippen LogP contribution in [0.15, 0.2) is 53.1 Å². The topological polar surface area (TPSA) is 120 Å². The van der Waals surface area contributed by atoms with Gasteiger partial charge in [0.15, 0.2) is 12.4 Å². The average Bonchev–Trinajstić information content (AvgIpc) is 3.19. The van der Waals surface area contributed by atoms with Gasteiger partial charge < -0.3 is 24.6 Å². The van der Waals surface area contributed by atoms with Crippen LogP contribution in [0.1, 0.15) is 29.7 Å². The van der Waals surface area contributed by atoms with E-state index in [2.05, 4.69) is 15.8 Å². The van der Waals surface area contributed by atoms with Crippen molar-refractivity contribution in [3.05, 3.63) is 65.4 Å². The molecule has 2 aromatic carbocycles. The predicted molar refractivity (Wildman–Crippen MR) is 121 cm³/mol. The van der Waals surface area contributed by atoms with E-state index >= 15 is 0 Å². The van der Waals surface area contributed by atoms with Crippen LogP contribution < -0.4 is 15.4 Å². The maximum atomic E-state index is 12.1. The summed E-state index contributed by atoms with van der Waals surface area (Å²) < 4.78 is 15.6. The zero-order valence-electron chi connectivity index (χ0n) is 18.6. The molecule has 0 atom stereocenters. The first-order valence-electron chi connectivity index (χ1n) is 10.3. The molecule has 1 aromatic heterocycles. The van der Waals surface area contributed by atoms with Crippen molar-refractivity contribution in [1.29, 1.82) is 0 Å². The quantitative estimate of drug-likeness (QED) is 0.466. The van der Waals surface area contributed by atoms with Crippen molar-refractivity contribution < 1.29 is 28.4 Å². The maximum Gasteiger partial charge on any atom is 0.306 e. The number of carbonyl (C=O) groups is 3. The molecule has 0 saturated carbocycles. The molecule has 0 aliphatic carbocycles. The smallest absolute Gasteiger partial charge is 0.306 e. The second kappa shape index (κ2) is 10.9. The van der Waals surface area contributed by atoms with E-state index < -0.39 is 18.5 Å². The SMILES string of the molecule is Cc1cc(NC(=O)COC(=O)CCC(=O)Nc2ccc(Oc3c(C)cccc3C)cc2)no1. The van der Waals surface area contributed by atoms with Gasteiger partial charge in [-0.2, -0.15) is 0 Å². The van der Waals surface area contributed by atoms with Crippen molar-refractivity contribution in [3.8, 4) is 11.5 Å². The van der Waals surface area contributed by atoms with Gasteiger partial charge >= 0.3 is 5.97 Å². The van der Waals surface area contributed by atoms with Gasteiger partial charge in [0.05, 0.1) is 6.42 Å². The molecule has 3 aromatic rings. The van der Waals surface area contributed by atoms with Gasteiger partial charge in [0.2, 0.25) is 5.91 Å². The van der Waals surface area contributed by atoms with Crippen molar-refractivity contribution >= 4 is 29.3 Å². The first kappa shape index (κ1) is 23.5. The number of esters is 1. The van der Waals surface area contributed by atoms with Crippen LogP contribution in [0.25, 0.3) is 0 Å². The van der Waals surface area contributed by atoms with Gasteiger partial charge in [-0.15, -0.1) is 0 Å². The van der Waals surface area contributed by atoms with Crippen LogP contribution in [0.2, 0.25) is 0 Å². The molecule has 0 aliphatic heterocycles. The molecule has 2 N–H and O–H groups in total. The average molecular weight is 451 g/mol. The number of anilines is 2. The van der Waals surface area contributed by atoms with Crippen molar-refractivity contribution in [1.82, 2.24) is 5.16 Å². The van der Waals surface area contributed by atoms with Crippen molar-refractivity contribution in [2.75, 3.05) is 17.2 Å². The highest BCUT2D eigenvalue weighted by molar-refractivity contribution is 5.94. The molecule has 0 spiro atoms. The number of nitrogens with one attached hydrogen (secondary N) is 2. The number of rotatable bonds is 9. The summed E-state index contributed by atoms with van der Waals surface area (Å²) >= 11 is 0. The van der Waals surface area contributed by atoms with Crippen LogP contribution in [0.3, 0.4) is 0 Å². The molecule has 0 aliphatic rings. The number of hydrogen-bond acceptors (Lipinski definition) is 7. The summed E-state index contributed by atoms with van der Waals surface area (Å²) in [5.41, 5.74) is 2.64. The molecule has 172 valence electrons. The van der Waals surface area contributed by atoms with Gasteiger partial charge in [0, 0.05) is 18.2 Å². The van der Waals surface area contributed by atoms with Crippen LogP contribution in [-0.4, -0.2) is 29.5 Å². The fourth-order valence-corrected chi connectivity index (χ4v) is 2.95. The number of aromatic nitrogens is 1. The Hall–Kier alpha value is -4.14. The number of hydrogen-bond donors (Lipinski definition) is 2. The monoisotopic (exact) mass is 451 g/mol. The molecular formula is C24H25N3O6. The first-order chi connectivity index (χ1) is 15.8. The molecule has 0 fully saturated rings. The summed E-state index contributed by atoms with van der Waals surface area (Å²) in [7, 11) is 0. The molecule has 0 unspecified atom stereocenters. The zero-order valence-corrected chi connectivity index (χ0v) is 18.6. The molecule has 0 saturated heterocycles. The Morgan fingerprint density at radius 2 is 1.61 bits per heavy atom. The Morgan fingerprint density at radius 3 is 2.24 bits per heavy atom. The van der Waals surface area contributed by atoms with Gasteiger partial charge in [0.1, 0.15) is 17.3 Å². The number of nitrogens with zero attached hydrogens (tertiary/aromatic N) is 1. The third-order valence-electron chi connectivity index (χ3n) is 4.58. The molecule has 9 heteroatoms. The van der Waals surface area contributed by atoms with E-state index in [-0.39, 0.29) is 24.6 Å². The number of para-hydroxylation sites is 1. The van der Waals surface area contributed by atoms with Crippen LogP contribution in [0, 0.1) is 20.8 Å². The molecule has 9 nitrogen and oxygen atoms in total. The van der Waals surface area contributed by atoms with Crippen LogP contribution >= 0.6 is 0 Å². The number of ether oxygens (including phenoxy) is 2. The van der Waals surface area contributed by atoms with Gasteiger partial charge in [-0.05, 0) is 56.2 Å². The molecule has 3 rings (SSSR count). The number of benzene rings is 2. The lowest BCUT2D eigenvalue weighted by Gasteiger charge is -2.12. The normalized spacial score (nSPS) is 10.4. The summed E-state index contributed by atoms with van der Waals surface area (Å²) in [4.78, 5) is 35.6. The number of amides is 2. The Bertz CT molecular complexity index is 1120. The van der Waals surface area contributed by atoms with E-state index in [0.29, 0.717) is 17.2 Å². The molecule has 0 radical (unpaired) electrons. The summed E-state index contributed by atoms with van der Waals surface area (Å²) in [5, 5.41) is 8.75. The summed E-state index contributed by atoms with van der Waals surface area (Å²) in [6.07, 6.45) is -0.237. The third kappa shape index (κ3) is 7.20. The van der Waals surface area contributed by atoms with Gasteiger partial charge in [-0.3, -0.25) is 14.4 Å². The molecule has 1 heterocycles. The molecule has 2 amide bonds. The molecule has 33 heavy (non-hydrogen) atoms. The van der Waals surface area contributed by atoms with Crippen molar-refractivity contribution in [2.45, 2.75) is 33.6 Å². The van der Waals surface area contributed by atoms with E-state index in [0.717, 1.165) is 16.9 Å². The summed E-state index contributed by atoms with van der Waals surface area (Å²) in [6, 6.07) is 14.4. The van der Waals surface area contributed by atoms with E-state index in [1.54, 1.807) is 31.2 Å². The minimum absolute atomic E-state index is 0.0798. The summed E-state index contributed by atoms with van der Waals surface area (Å²) in [6.45, 7) is 5.16. The summed E-state index contributed by atoms with van der Waals surface area (Å²) in [5.74, 6) is 0.664. The van der Waals surface area contributed by atoms with E-state index in [9.17, 15) is 14.4 Å². The van der Waals surface area contributed by atoms with Crippen LogP contribution in [-0.2, 0) is 19.1 Å². The fourth-order valence-electron chi connectivity index (χ4n) is 2.95. The maximum absolute atomic E-state index is 12.1. The Kier molecular flexibility index (Phi) is 7.80. The fraction of sp³-hybridized carbons (Fsp3) is 0.250. The largest absolute Gasteiger partial charge is 0.457 e. The van der Waals surface area contributed by atoms with Gasteiger partial charge in [0.25, 0.3) is 5.91 Å². The van der Waals surface area contributed by atoms with Crippen LogP contribution in [0.5, 0.6) is 11.5 Å². The zero-order chi connectivity index (χ0) is 23.8. The lowest BCUT2D eigenvalue weighted by molar-refractivity contribution is -0.147. The van der Waals surface area contributed by atoms with E-state index in [1.165, 1.54) is 6.07 Å². The molecular weight excluding hydrogens is 426 g/mol. The molecule has 0 bridgehead atoms. The van der Waals surface area contributed by atoms with E-state index in [4.69, 9.17) is 14.0 Å². The second-order valence-corrected chi connectivity index (χ2v) is 7.43. The van der Waals surface area contributed by atoms with E-state index in [1.807, 2.05) is 32.0 Å². The minimum atomic E-state index is -0.658. The Balaban J connectivity index is 1.39.